The summed E-state index contributed by atoms with van der Waals surface area (Å²) in [6.45, 7) is 0. The summed E-state index contributed by atoms with van der Waals surface area (Å²) in [7, 11) is 0. The highest BCUT2D eigenvalue weighted by molar-refractivity contribution is 6.46. The van der Waals surface area contributed by atoms with Crippen LogP contribution in [0.25, 0.3) is 5.76 Å². The van der Waals surface area contributed by atoms with Crippen molar-refractivity contribution in [2.75, 3.05) is 0 Å². The minimum Gasteiger partial charge on any atom is -0.508 e. The average molecular weight is 398 g/mol. The average Bonchev–Trinajstić information content (AvgIpc) is 3.28. The molecule has 2 aromatic carbocycles. The molecule has 28 heavy (non-hydrogen) atoms. The smallest absolute Gasteiger partial charge is 0.295 e. The highest BCUT2D eigenvalue weighted by Crippen LogP contribution is 2.44. The summed E-state index contributed by atoms with van der Waals surface area (Å²) in [6, 6.07) is 12.2. The maximum absolute atomic E-state index is 12.9. The Morgan fingerprint density at radius 1 is 1.04 bits per heavy atom. The predicted octanol–water partition coefficient (Wildman–Crippen LogP) is 4.41. The Labute approximate surface area is 167 Å². The molecule has 1 atom stereocenters. The Bertz CT molecular complexity index is 978. The molecule has 2 aliphatic rings. The molecule has 1 saturated heterocycles. The third-order valence-electron chi connectivity index (χ3n) is 5.48. The van der Waals surface area contributed by atoms with E-state index in [9.17, 15) is 19.8 Å². The molecule has 144 valence electrons. The number of amides is 1. The van der Waals surface area contributed by atoms with Gasteiger partial charge in [-0.05, 0) is 42.7 Å². The number of benzene rings is 2. The Morgan fingerprint density at radius 3 is 2.43 bits per heavy atom. The van der Waals surface area contributed by atoms with E-state index < -0.39 is 17.7 Å². The number of likely N-dealkylation sites (tertiary alicyclic amines) is 1. The molecule has 0 aromatic heterocycles. The van der Waals surface area contributed by atoms with E-state index in [0.29, 0.717) is 16.1 Å². The number of phenols is 1. The standard InChI is InChI=1S/C22H20ClNO4/c23-15-7-3-6-14(11-15)20(26)18-19(13-5-4-10-17(25)12-13)24(22(28)21(18)27)16-8-1-2-9-16/h3-7,10-12,16,19,25-26H,1-2,8-9H2/b20-18-. The zero-order chi connectivity index (χ0) is 19.8. The van der Waals surface area contributed by atoms with Crippen LogP contribution in [0.2, 0.25) is 5.02 Å². The number of aliphatic hydroxyl groups is 1. The summed E-state index contributed by atoms with van der Waals surface area (Å²) >= 11 is 6.04. The van der Waals surface area contributed by atoms with Crippen molar-refractivity contribution in [2.24, 2.45) is 0 Å². The third-order valence-corrected chi connectivity index (χ3v) is 5.72. The van der Waals surface area contributed by atoms with E-state index in [2.05, 4.69) is 0 Å². The van der Waals surface area contributed by atoms with Crippen molar-refractivity contribution < 1.29 is 19.8 Å². The molecule has 1 unspecified atom stereocenters. The minimum atomic E-state index is -0.741. The maximum Gasteiger partial charge on any atom is 0.295 e. The van der Waals surface area contributed by atoms with E-state index in [4.69, 9.17) is 11.6 Å². The van der Waals surface area contributed by atoms with E-state index in [1.54, 1.807) is 41.3 Å². The second-order valence-electron chi connectivity index (χ2n) is 7.25. The van der Waals surface area contributed by atoms with Crippen LogP contribution in [0.15, 0.2) is 54.1 Å². The van der Waals surface area contributed by atoms with E-state index in [-0.39, 0.29) is 23.1 Å². The van der Waals surface area contributed by atoms with Gasteiger partial charge in [0, 0.05) is 16.6 Å². The Hall–Kier alpha value is -2.79. The number of ketones is 1. The van der Waals surface area contributed by atoms with E-state index >= 15 is 0 Å². The summed E-state index contributed by atoms with van der Waals surface area (Å²) < 4.78 is 0. The van der Waals surface area contributed by atoms with Gasteiger partial charge < -0.3 is 15.1 Å². The van der Waals surface area contributed by atoms with Crippen molar-refractivity contribution in [3.05, 3.63) is 70.3 Å². The van der Waals surface area contributed by atoms with Gasteiger partial charge in [-0.3, -0.25) is 9.59 Å². The van der Waals surface area contributed by atoms with Crippen molar-refractivity contribution in [1.29, 1.82) is 0 Å². The fourth-order valence-electron chi connectivity index (χ4n) is 4.22. The lowest BCUT2D eigenvalue weighted by Gasteiger charge is -2.30. The van der Waals surface area contributed by atoms with Gasteiger partial charge in [-0.25, -0.2) is 0 Å². The zero-order valence-electron chi connectivity index (χ0n) is 15.1. The van der Waals surface area contributed by atoms with Gasteiger partial charge in [0.25, 0.3) is 11.7 Å². The summed E-state index contributed by atoms with van der Waals surface area (Å²) in [4.78, 5) is 27.4. The Kier molecular flexibility index (Phi) is 4.85. The van der Waals surface area contributed by atoms with E-state index in [0.717, 1.165) is 25.7 Å². The number of nitrogens with zero attached hydrogens (tertiary/aromatic N) is 1. The quantitative estimate of drug-likeness (QED) is 0.457. The lowest BCUT2D eigenvalue weighted by atomic mass is 9.94. The molecule has 0 radical (unpaired) electrons. The van der Waals surface area contributed by atoms with Crippen molar-refractivity contribution in [3.63, 3.8) is 0 Å². The first-order valence-electron chi connectivity index (χ1n) is 9.32. The van der Waals surface area contributed by atoms with E-state index in [1.165, 1.54) is 12.1 Å². The minimum absolute atomic E-state index is 0.0322. The SMILES string of the molecule is O=C1C(=O)N(C2CCCC2)C(c2cccc(O)c2)/C1=C(/O)c1cccc(Cl)c1. The van der Waals surface area contributed by atoms with Crippen LogP contribution in [-0.2, 0) is 9.59 Å². The molecule has 0 bridgehead atoms. The normalized spacial score (nSPS) is 22.2. The van der Waals surface area contributed by atoms with Gasteiger partial charge in [0.05, 0.1) is 11.6 Å². The van der Waals surface area contributed by atoms with Crippen molar-refractivity contribution in [1.82, 2.24) is 4.90 Å². The molecule has 1 heterocycles. The predicted molar refractivity (Wildman–Crippen MR) is 106 cm³/mol. The summed E-state index contributed by atoms with van der Waals surface area (Å²) in [6.07, 6.45) is 3.63. The number of hydrogen-bond donors (Lipinski definition) is 2. The molecule has 2 aromatic rings. The first kappa shape index (κ1) is 18.6. The van der Waals surface area contributed by atoms with Gasteiger partial charge in [0.2, 0.25) is 0 Å². The van der Waals surface area contributed by atoms with Crippen LogP contribution in [0.5, 0.6) is 5.75 Å². The monoisotopic (exact) mass is 397 g/mol. The van der Waals surface area contributed by atoms with Crippen LogP contribution < -0.4 is 0 Å². The number of Topliss-reactive ketones (excluding diaryl/α,β-unsaturated/α-hetero) is 1. The number of carbonyl (C=O) groups is 2. The van der Waals surface area contributed by atoms with Crippen LogP contribution >= 0.6 is 11.6 Å². The number of carbonyl (C=O) groups excluding carboxylic acids is 2. The van der Waals surface area contributed by atoms with Crippen molar-refractivity contribution in [3.8, 4) is 5.75 Å². The maximum atomic E-state index is 12.9. The van der Waals surface area contributed by atoms with Gasteiger partial charge in [0.1, 0.15) is 11.5 Å². The van der Waals surface area contributed by atoms with Crippen LogP contribution in [-0.4, -0.2) is 32.8 Å². The molecule has 2 N–H and O–H groups in total. The number of aromatic hydroxyl groups is 1. The summed E-state index contributed by atoms with van der Waals surface area (Å²) in [5.41, 5.74) is 1.00. The molecule has 0 spiro atoms. The molecule has 5 nitrogen and oxygen atoms in total. The molecule has 1 saturated carbocycles. The van der Waals surface area contributed by atoms with Crippen LogP contribution in [0.1, 0.15) is 42.9 Å². The molecule has 6 heteroatoms. The summed E-state index contributed by atoms with van der Waals surface area (Å²) in [5, 5.41) is 21.3. The zero-order valence-corrected chi connectivity index (χ0v) is 15.9. The highest BCUT2D eigenvalue weighted by Gasteiger charge is 2.49. The number of halogens is 1. The Morgan fingerprint density at radius 2 is 1.75 bits per heavy atom. The molecular weight excluding hydrogens is 378 g/mol. The van der Waals surface area contributed by atoms with Crippen LogP contribution in [0.3, 0.4) is 0 Å². The lowest BCUT2D eigenvalue weighted by Crippen LogP contribution is -2.37. The van der Waals surface area contributed by atoms with Gasteiger partial charge in [-0.1, -0.05) is 48.7 Å². The van der Waals surface area contributed by atoms with Gasteiger partial charge in [-0.15, -0.1) is 0 Å². The van der Waals surface area contributed by atoms with Crippen LogP contribution in [0.4, 0.5) is 0 Å². The lowest BCUT2D eigenvalue weighted by molar-refractivity contribution is -0.141. The van der Waals surface area contributed by atoms with Crippen molar-refractivity contribution >= 4 is 29.1 Å². The van der Waals surface area contributed by atoms with Crippen LogP contribution in [0, 0.1) is 0 Å². The van der Waals surface area contributed by atoms with E-state index in [1.807, 2.05) is 0 Å². The fraction of sp³-hybridized carbons (Fsp3) is 0.273. The third kappa shape index (κ3) is 3.16. The van der Waals surface area contributed by atoms with Crippen molar-refractivity contribution in [2.45, 2.75) is 37.8 Å². The molecule has 2 fully saturated rings. The fourth-order valence-corrected chi connectivity index (χ4v) is 4.41. The molecule has 4 rings (SSSR count). The second-order valence-corrected chi connectivity index (χ2v) is 7.69. The largest absolute Gasteiger partial charge is 0.508 e. The number of hydrogen-bond acceptors (Lipinski definition) is 4. The first-order valence-corrected chi connectivity index (χ1v) is 9.70. The number of rotatable bonds is 3. The topological polar surface area (TPSA) is 77.8 Å². The first-order chi connectivity index (χ1) is 13.5. The number of phenolic OH excluding ortho intramolecular Hbond substituents is 1. The molecular formula is C22H20ClNO4. The number of aliphatic hydroxyl groups excluding tert-OH is 1. The highest BCUT2D eigenvalue weighted by atomic mass is 35.5. The van der Waals surface area contributed by atoms with Gasteiger partial charge >= 0.3 is 0 Å². The second kappa shape index (κ2) is 7.32. The molecule has 1 aliphatic carbocycles. The molecule has 1 aliphatic heterocycles. The van der Waals surface area contributed by atoms with Gasteiger partial charge in [-0.2, -0.15) is 0 Å². The van der Waals surface area contributed by atoms with Gasteiger partial charge in [0.15, 0.2) is 0 Å². The summed E-state index contributed by atoms with van der Waals surface area (Å²) in [5.74, 6) is -1.53. The Balaban J connectivity index is 1.90. The molecule has 1 amide bonds.